The maximum atomic E-state index is 13.4. The Labute approximate surface area is 116 Å². The van der Waals surface area contributed by atoms with Crippen molar-refractivity contribution in [2.75, 3.05) is 24.8 Å². The van der Waals surface area contributed by atoms with Crippen LogP contribution in [0.25, 0.3) is 0 Å². The minimum atomic E-state index is -3.10. The Balaban J connectivity index is 2.98. The maximum absolute atomic E-state index is 13.4. The number of methoxy groups -OCH3 is 1. The van der Waals surface area contributed by atoms with E-state index < -0.39 is 18.2 Å². The van der Waals surface area contributed by atoms with Crippen LogP contribution in [0.3, 0.4) is 0 Å². The summed E-state index contributed by atoms with van der Waals surface area (Å²) in [4.78, 5) is 0. The molecule has 0 amide bonds. The first-order valence-corrected chi connectivity index (χ1v) is 6.14. The van der Waals surface area contributed by atoms with Crippen LogP contribution in [0, 0.1) is 11.7 Å². The van der Waals surface area contributed by atoms with E-state index in [0.717, 1.165) is 12.1 Å². The molecule has 20 heavy (non-hydrogen) atoms. The number of nitrogen functional groups attached to an aromatic ring is 1. The van der Waals surface area contributed by atoms with Crippen molar-refractivity contribution in [1.29, 1.82) is 0 Å². The molecule has 4 nitrogen and oxygen atoms in total. The van der Waals surface area contributed by atoms with E-state index >= 15 is 0 Å². The fourth-order valence-electron chi connectivity index (χ4n) is 1.66. The Hall–Kier alpha value is -1.63. The van der Waals surface area contributed by atoms with Gasteiger partial charge in [-0.3, -0.25) is 0 Å². The summed E-state index contributed by atoms with van der Waals surface area (Å²) >= 11 is 0. The second kappa shape index (κ2) is 7.23. The van der Waals surface area contributed by atoms with Gasteiger partial charge in [0.1, 0.15) is 0 Å². The lowest BCUT2D eigenvalue weighted by molar-refractivity contribution is -0.0521. The first-order valence-electron chi connectivity index (χ1n) is 6.14. The van der Waals surface area contributed by atoms with Gasteiger partial charge < -0.3 is 20.5 Å². The summed E-state index contributed by atoms with van der Waals surface area (Å²) in [7, 11) is 1.55. The van der Waals surface area contributed by atoms with Crippen LogP contribution in [0.15, 0.2) is 12.1 Å². The van der Waals surface area contributed by atoms with E-state index in [1.54, 1.807) is 7.11 Å². The van der Waals surface area contributed by atoms with Gasteiger partial charge in [0.2, 0.25) is 0 Å². The Bertz CT molecular complexity index is 442. The lowest BCUT2D eigenvalue weighted by atomic mass is 10.0. The number of hydrogen-bond acceptors (Lipinski definition) is 4. The second-order valence-corrected chi connectivity index (χ2v) is 4.70. The highest BCUT2D eigenvalue weighted by Crippen LogP contribution is 2.30. The van der Waals surface area contributed by atoms with Gasteiger partial charge in [-0.1, -0.05) is 13.8 Å². The number of ether oxygens (including phenoxy) is 2. The van der Waals surface area contributed by atoms with Crippen molar-refractivity contribution in [3.63, 3.8) is 0 Å². The van der Waals surface area contributed by atoms with Crippen LogP contribution in [0.4, 0.5) is 24.5 Å². The molecule has 1 aromatic carbocycles. The van der Waals surface area contributed by atoms with Crippen LogP contribution in [-0.2, 0) is 4.74 Å². The average Bonchev–Trinajstić information content (AvgIpc) is 2.33. The smallest absolute Gasteiger partial charge is 0.387 e. The molecule has 0 spiro atoms. The molecular formula is C13H19F3N2O2. The minimum absolute atomic E-state index is 0.0906. The monoisotopic (exact) mass is 292 g/mol. The van der Waals surface area contributed by atoms with Gasteiger partial charge in [0, 0.05) is 19.2 Å². The fraction of sp³-hybridized carbons (Fsp3) is 0.538. The summed E-state index contributed by atoms with van der Waals surface area (Å²) in [6.07, 6.45) is 0. The van der Waals surface area contributed by atoms with Crippen LogP contribution < -0.4 is 15.8 Å². The van der Waals surface area contributed by atoms with Gasteiger partial charge in [-0.2, -0.15) is 8.78 Å². The van der Waals surface area contributed by atoms with E-state index in [9.17, 15) is 13.2 Å². The lowest BCUT2D eigenvalue weighted by Crippen LogP contribution is -2.30. The molecule has 1 unspecified atom stereocenters. The number of benzene rings is 1. The molecule has 0 aliphatic carbocycles. The summed E-state index contributed by atoms with van der Waals surface area (Å²) in [5.41, 5.74) is 6.13. The molecule has 1 rings (SSSR count). The van der Waals surface area contributed by atoms with Crippen LogP contribution in [-0.4, -0.2) is 26.4 Å². The SMILES string of the molecule is COCC(Nc1cc(OC(F)F)c(F)cc1N)C(C)C. The molecule has 0 saturated carbocycles. The Morgan fingerprint density at radius 1 is 1.30 bits per heavy atom. The van der Waals surface area contributed by atoms with Crippen LogP contribution >= 0.6 is 0 Å². The predicted octanol–water partition coefficient (Wildman–Crippen LogP) is 3.09. The van der Waals surface area contributed by atoms with Gasteiger partial charge in [0.25, 0.3) is 0 Å². The van der Waals surface area contributed by atoms with Gasteiger partial charge in [-0.05, 0) is 5.92 Å². The number of nitrogens with two attached hydrogens (primary N) is 1. The Morgan fingerprint density at radius 2 is 1.95 bits per heavy atom. The van der Waals surface area contributed by atoms with E-state index in [2.05, 4.69) is 10.1 Å². The van der Waals surface area contributed by atoms with E-state index in [-0.39, 0.29) is 17.6 Å². The van der Waals surface area contributed by atoms with Gasteiger partial charge in [0.15, 0.2) is 11.6 Å². The molecule has 0 saturated heterocycles. The van der Waals surface area contributed by atoms with Crippen LogP contribution in [0.1, 0.15) is 13.8 Å². The van der Waals surface area contributed by atoms with E-state index in [4.69, 9.17) is 10.5 Å². The zero-order valence-electron chi connectivity index (χ0n) is 11.6. The van der Waals surface area contributed by atoms with E-state index in [1.165, 1.54) is 0 Å². The van der Waals surface area contributed by atoms with Crippen LogP contribution in [0.2, 0.25) is 0 Å². The van der Waals surface area contributed by atoms with Gasteiger partial charge >= 0.3 is 6.61 Å². The number of rotatable bonds is 7. The molecule has 1 aromatic rings. The highest BCUT2D eigenvalue weighted by molar-refractivity contribution is 5.69. The van der Waals surface area contributed by atoms with Gasteiger partial charge in [-0.15, -0.1) is 0 Å². The molecule has 0 heterocycles. The first kappa shape index (κ1) is 16.4. The molecule has 7 heteroatoms. The molecule has 3 N–H and O–H groups in total. The summed E-state index contributed by atoms with van der Waals surface area (Å²) in [5, 5.41) is 3.05. The van der Waals surface area contributed by atoms with Gasteiger partial charge in [0.05, 0.1) is 24.0 Å². The molecule has 0 aliphatic rings. The van der Waals surface area contributed by atoms with E-state index in [0.29, 0.717) is 12.3 Å². The quantitative estimate of drug-likeness (QED) is 0.758. The number of hydrogen-bond donors (Lipinski definition) is 2. The summed E-state index contributed by atoms with van der Waals surface area (Å²) in [6.45, 7) is 1.24. The molecule has 0 fully saturated rings. The van der Waals surface area contributed by atoms with Crippen molar-refractivity contribution < 1.29 is 22.6 Å². The number of anilines is 2. The maximum Gasteiger partial charge on any atom is 0.387 e. The largest absolute Gasteiger partial charge is 0.432 e. The molecule has 114 valence electrons. The third-order valence-electron chi connectivity index (χ3n) is 2.81. The normalized spacial score (nSPS) is 12.8. The third kappa shape index (κ3) is 4.48. The second-order valence-electron chi connectivity index (χ2n) is 4.70. The van der Waals surface area contributed by atoms with Crippen molar-refractivity contribution in [2.24, 2.45) is 5.92 Å². The number of nitrogens with one attached hydrogen (secondary N) is 1. The van der Waals surface area contributed by atoms with Crippen molar-refractivity contribution in [1.82, 2.24) is 0 Å². The zero-order valence-corrected chi connectivity index (χ0v) is 11.6. The Kier molecular flexibility index (Phi) is 5.94. The van der Waals surface area contributed by atoms with Crippen molar-refractivity contribution in [3.05, 3.63) is 17.9 Å². The standard InChI is InChI=1S/C13H19F3N2O2/c1-7(2)11(6-19-3)18-10-5-12(20-13(15)16)8(14)4-9(10)17/h4-5,7,11,13,18H,6,17H2,1-3H3. The molecule has 0 aromatic heterocycles. The molecular weight excluding hydrogens is 273 g/mol. The third-order valence-corrected chi connectivity index (χ3v) is 2.81. The predicted molar refractivity (Wildman–Crippen MR) is 71.6 cm³/mol. The van der Waals surface area contributed by atoms with Gasteiger partial charge in [-0.25, -0.2) is 4.39 Å². The summed E-state index contributed by atoms with van der Waals surface area (Å²) in [5.74, 6) is -1.27. The zero-order chi connectivity index (χ0) is 15.3. The lowest BCUT2D eigenvalue weighted by Gasteiger charge is -2.24. The summed E-state index contributed by atoms with van der Waals surface area (Å²) < 4.78 is 47.0. The number of alkyl halides is 2. The molecule has 0 bridgehead atoms. The van der Waals surface area contributed by atoms with Crippen molar-refractivity contribution in [2.45, 2.75) is 26.5 Å². The Morgan fingerprint density at radius 3 is 2.45 bits per heavy atom. The van der Waals surface area contributed by atoms with Crippen molar-refractivity contribution in [3.8, 4) is 5.75 Å². The minimum Gasteiger partial charge on any atom is -0.432 e. The molecule has 1 atom stereocenters. The molecule has 0 radical (unpaired) electrons. The van der Waals surface area contributed by atoms with Crippen molar-refractivity contribution >= 4 is 11.4 Å². The summed E-state index contributed by atoms with van der Waals surface area (Å²) in [6, 6.07) is 1.98. The van der Waals surface area contributed by atoms with Crippen LogP contribution in [0.5, 0.6) is 5.75 Å². The number of halogens is 3. The topological polar surface area (TPSA) is 56.5 Å². The highest BCUT2D eigenvalue weighted by atomic mass is 19.3. The van der Waals surface area contributed by atoms with E-state index in [1.807, 2.05) is 13.8 Å². The highest BCUT2D eigenvalue weighted by Gasteiger charge is 2.17. The first-order chi connectivity index (χ1) is 9.35. The average molecular weight is 292 g/mol. The fourth-order valence-corrected chi connectivity index (χ4v) is 1.66. The molecule has 0 aliphatic heterocycles.